The molecule has 5 nitrogen and oxygen atoms in total. The average molecular weight is 724 g/mol. The van der Waals surface area contributed by atoms with Crippen LogP contribution in [-0.4, -0.2) is 15.0 Å². The predicted octanol–water partition coefficient (Wildman–Crippen LogP) is 13.6. The SMILES string of the molecule is [2H]c1c([2H])c([2H])c(N(c2ccc(-c3ccccc3)cc2)c2ccc(-c3ccc(-c4nc(-c5ccccc5)nc(-c5ccccc5)n4)c4oc5ccccc5c34)cc2)c([2H])c1[2H]. The molecule has 0 unspecified atom stereocenters. The molecule has 0 saturated heterocycles. The van der Waals surface area contributed by atoms with Crippen LogP contribution < -0.4 is 4.90 Å². The summed E-state index contributed by atoms with van der Waals surface area (Å²) in [7, 11) is 0. The number of fused-ring (bicyclic) bond motifs is 3. The third-order valence-corrected chi connectivity index (χ3v) is 9.85. The van der Waals surface area contributed by atoms with E-state index in [9.17, 15) is 0 Å². The molecule has 264 valence electrons. The van der Waals surface area contributed by atoms with E-state index in [0.717, 1.165) is 55.3 Å². The summed E-state index contributed by atoms with van der Waals surface area (Å²) in [5.74, 6) is 1.57. The van der Waals surface area contributed by atoms with E-state index in [1.165, 1.54) is 0 Å². The van der Waals surface area contributed by atoms with Gasteiger partial charge in [-0.25, -0.2) is 15.0 Å². The number of rotatable bonds is 8. The number of anilines is 3. The quantitative estimate of drug-likeness (QED) is 0.156. The lowest BCUT2D eigenvalue weighted by Gasteiger charge is -2.26. The van der Waals surface area contributed by atoms with E-state index in [1.54, 1.807) is 4.90 Å². The van der Waals surface area contributed by atoms with Crippen molar-refractivity contribution in [2.75, 3.05) is 4.90 Å². The fraction of sp³-hybridized carbons (Fsp3) is 0. The molecule has 0 bridgehead atoms. The van der Waals surface area contributed by atoms with Gasteiger partial charge in [-0.3, -0.25) is 0 Å². The zero-order valence-corrected chi connectivity index (χ0v) is 29.9. The van der Waals surface area contributed by atoms with Gasteiger partial charge in [-0.15, -0.1) is 0 Å². The highest BCUT2D eigenvalue weighted by atomic mass is 16.3. The summed E-state index contributed by atoms with van der Waals surface area (Å²) in [6.07, 6.45) is 0. The summed E-state index contributed by atoms with van der Waals surface area (Å²) < 4.78 is 49.9. The van der Waals surface area contributed by atoms with Crippen molar-refractivity contribution in [1.82, 2.24) is 15.0 Å². The fourth-order valence-corrected chi connectivity index (χ4v) is 7.16. The highest BCUT2D eigenvalue weighted by molar-refractivity contribution is 6.16. The lowest BCUT2D eigenvalue weighted by atomic mass is 9.96. The lowest BCUT2D eigenvalue weighted by Crippen LogP contribution is -2.09. The summed E-state index contributed by atoms with van der Waals surface area (Å²) in [4.78, 5) is 16.6. The molecule has 0 fully saturated rings. The Balaban J connectivity index is 1.12. The van der Waals surface area contributed by atoms with Gasteiger partial charge in [0.25, 0.3) is 0 Å². The Morgan fingerprint density at radius 1 is 0.393 bits per heavy atom. The maximum absolute atomic E-state index is 8.94. The second kappa shape index (κ2) is 14.3. The topological polar surface area (TPSA) is 55.1 Å². The molecular formula is C51H34N4O. The fourth-order valence-electron chi connectivity index (χ4n) is 7.16. The second-order valence-corrected chi connectivity index (χ2v) is 13.3. The third kappa shape index (κ3) is 6.17. The first-order chi connectivity index (χ1) is 29.8. The van der Waals surface area contributed by atoms with Gasteiger partial charge in [0.05, 0.1) is 12.4 Å². The van der Waals surface area contributed by atoms with Gasteiger partial charge < -0.3 is 9.32 Å². The van der Waals surface area contributed by atoms with Gasteiger partial charge in [-0.2, -0.15) is 0 Å². The van der Waals surface area contributed by atoms with E-state index < -0.39 is 18.1 Å². The van der Waals surface area contributed by atoms with Crippen molar-refractivity contribution in [3.8, 4) is 56.4 Å². The van der Waals surface area contributed by atoms with Crippen LogP contribution in [-0.2, 0) is 0 Å². The minimum atomic E-state index is -0.446. The van der Waals surface area contributed by atoms with Crippen LogP contribution in [0.3, 0.4) is 0 Å². The van der Waals surface area contributed by atoms with Crippen LogP contribution in [0.4, 0.5) is 17.1 Å². The largest absolute Gasteiger partial charge is 0.455 e. The first-order valence-electron chi connectivity index (χ1n) is 20.8. The van der Waals surface area contributed by atoms with Crippen molar-refractivity contribution in [3.63, 3.8) is 0 Å². The van der Waals surface area contributed by atoms with E-state index in [-0.39, 0.29) is 17.8 Å². The normalized spacial score (nSPS) is 12.5. The molecule has 10 rings (SSSR count). The molecule has 0 aliphatic carbocycles. The zero-order valence-electron chi connectivity index (χ0n) is 34.9. The Bertz CT molecular complexity index is 3150. The number of hydrogen-bond acceptors (Lipinski definition) is 5. The summed E-state index contributed by atoms with van der Waals surface area (Å²) >= 11 is 0. The molecule has 0 atom stereocenters. The first-order valence-corrected chi connectivity index (χ1v) is 18.3. The molecule has 0 radical (unpaired) electrons. The third-order valence-electron chi connectivity index (χ3n) is 9.85. The van der Waals surface area contributed by atoms with Gasteiger partial charge in [0.15, 0.2) is 17.5 Å². The van der Waals surface area contributed by atoms with Crippen LogP contribution in [0, 0.1) is 0 Å². The van der Waals surface area contributed by atoms with Crippen LogP contribution in [0.2, 0.25) is 0 Å². The molecule has 0 spiro atoms. The van der Waals surface area contributed by atoms with Crippen molar-refractivity contribution >= 4 is 39.0 Å². The average Bonchev–Trinajstić information content (AvgIpc) is 3.72. The van der Waals surface area contributed by atoms with Crippen LogP contribution in [0.1, 0.15) is 6.85 Å². The predicted molar refractivity (Wildman–Crippen MR) is 229 cm³/mol. The smallest absolute Gasteiger partial charge is 0.167 e. The number of aromatic nitrogens is 3. The Labute approximate surface area is 331 Å². The Hall–Kier alpha value is -7.63. The minimum Gasteiger partial charge on any atom is -0.455 e. The molecule has 0 aliphatic rings. The monoisotopic (exact) mass is 723 g/mol. The number of hydrogen-bond donors (Lipinski definition) is 0. The van der Waals surface area contributed by atoms with Gasteiger partial charge in [0.1, 0.15) is 11.2 Å². The molecule has 0 amide bonds. The van der Waals surface area contributed by atoms with Gasteiger partial charge >= 0.3 is 0 Å². The highest BCUT2D eigenvalue weighted by Crippen LogP contribution is 2.43. The van der Waals surface area contributed by atoms with Gasteiger partial charge in [-0.05, 0) is 70.7 Å². The minimum absolute atomic E-state index is 0.0564. The molecule has 2 heterocycles. The Morgan fingerprint density at radius 2 is 0.875 bits per heavy atom. The molecule has 8 aromatic carbocycles. The number of benzene rings is 8. The van der Waals surface area contributed by atoms with Crippen molar-refractivity contribution in [2.45, 2.75) is 0 Å². The molecule has 56 heavy (non-hydrogen) atoms. The van der Waals surface area contributed by atoms with Crippen LogP contribution in [0.15, 0.2) is 211 Å². The molecule has 2 aromatic heterocycles. The molecule has 0 N–H and O–H groups in total. The van der Waals surface area contributed by atoms with Crippen molar-refractivity contribution in [3.05, 3.63) is 206 Å². The van der Waals surface area contributed by atoms with E-state index in [4.69, 9.17) is 26.2 Å². The molecule has 10 aromatic rings. The van der Waals surface area contributed by atoms with E-state index in [0.29, 0.717) is 34.4 Å². The first kappa shape index (κ1) is 27.9. The van der Waals surface area contributed by atoms with Crippen LogP contribution >= 0.6 is 0 Å². The summed E-state index contributed by atoms with van der Waals surface area (Å²) in [5.41, 5.74) is 8.95. The maximum Gasteiger partial charge on any atom is 0.167 e. The zero-order chi connectivity index (χ0) is 41.6. The van der Waals surface area contributed by atoms with Crippen molar-refractivity contribution in [1.29, 1.82) is 0 Å². The molecule has 0 saturated carbocycles. The van der Waals surface area contributed by atoms with Crippen LogP contribution in [0.5, 0.6) is 0 Å². The van der Waals surface area contributed by atoms with E-state index >= 15 is 0 Å². The Morgan fingerprint density at radius 3 is 1.48 bits per heavy atom. The van der Waals surface area contributed by atoms with Gasteiger partial charge in [0.2, 0.25) is 0 Å². The Kier molecular flexibility index (Phi) is 7.13. The lowest BCUT2D eigenvalue weighted by molar-refractivity contribution is 0.669. The van der Waals surface area contributed by atoms with Crippen molar-refractivity contribution < 1.29 is 11.3 Å². The van der Waals surface area contributed by atoms with Gasteiger partial charge in [-0.1, -0.05) is 158 Å². The van der Waals surface area contributed by atoms with Crippen molar-refractivity contribution in [2.24, 2.45) is 0 Å². The van der Waals surface area contributed by atoms with E-state index in [1.807, 2.05) is 170 Å². The molecule has 0 aliphatic heterocycles. The molecular weight excluding hydrogens is 685 g/mol. The highest BCUT2D eigenvalue weighted by Gasteiger charge is 2.21. The standard InChI is InChI=1S/C51H34N4O/c1-5-15-35(16-6-1)36-25-29-41(30-26-36)55(40-21-11-4-12-22-40)42-31-27-37(28-32-42)43-33-34-45(48-47(43)44-23-13-14-24-46(44)56-48)51-53-49(38-17-7-2-8-18-38)52-50(54-51)39-19-9-3-10-20-39/h1-34H/i4D,11D,12D,21D,22D. The van der Waals surface area contributed by atoms with Crippen LogP contribution in [0.25, 0.3) is 78.4 Å². The summed E-state index contributed by atoms with van der Waals surface area (Å²) in [6.45, 7) is 0. The summed E-state index contributed by atoms with van der Waals surface area (Å²) in [6, 6.07) is 55.3. The maximum atomic E-state index is 8.94. The number of para-hydroxylation sites is 2. The van der Waals surface area contributed by atoms with E-state index in [2.05, 4.69) is 6.07 Å². The van der Waals surface area contributed by atoms with Gasteiger partial charge in [0, 0.05) is 39.0 Å². The second-order valence-electron chi connectivity index (χ2n) is 13.3. The number of nitrogens with zero attached hydrogens (tertiary/aromatic N) is 4. The number of furan rings is 1. The summed E-state index contributed by atoms with van der Waals surface area (Å²) in [5, 5.41) is 1.82. The molecule has 5 heteroatoms.